The molecule has 20 heavy (non-hydrogen) atoms. The number of rotatable bonds is 6. The molecule has 8 heteroatoms. The number of nitrogens with one attached hydrogen (secondary N) is 1. The van der Waals surface area contributed by atoms with E-state index < -0.39 is 25.7 Å². The summed E-state index contributed by atoms with van der Waals surface area (Å²) >= 11 is 0. The third-order valence-corrected chi connectivity index (χ3v) is 3.93. The number of ether oxygens (including phenoxy) is 1. The predicted octanol–water partition coefficient (Wildman–Crippen LogP) is 1.91. The van der Waals surface area contributed by atoms with Gasteiger partial charge >= 0.3 is 0 Å². The van der Waals surface area contributed by atoms with Gasteiger partial charge in [-0.3, -0.25) is 4.79 Å². The molecule has 1 N–H and O–H groups in total. The first kappa shape index (κ1) is 16.9. The number of carbonyl (C=O) groups is 1. The highest BCUT2D eigenvalue weighted by Gasteiger charge is 2.19. The van der Waals surface area contributed by atoms with E-state index in [2.05, 4.69) is 5.32 Å². The van der Waals surface area contributed by atoms with Crippen molar-refractivity contribution in [3.63, 3.8) is 0 Å². The van der Waals surface area contributed by atoms with Crippen molar-refractivity contribution in [2.45, 2.75) is 24.3 Å². The molecule has 0 aliphatic rings. The highest BCUT2D eigenvalue weighted by molar-refractivity contribution is 8.13. The van der Waals surface area contributed by atoms with Crippen molar-refractivity contribution in [1.82, 2.24) is 5.32 Å². The Balaban J connectivity index is 2.90. The van der Waals surface area contributed by atoms with Gasteiger partial charge in [0.15, 0.2) is 0 Å². The summed E-state index contributed by atoms with van der Waals surface area (Å²) < 4.78 is 40.6. The van der Waals surface area contributed by atoms with Crippen LogP contribution in [0.1, 0.15) is 23.7 Å². The van der Waals surface area contributed by atoms with Crippen LogP contribution in [0.4, 0.5) is 4.39 Å². The third-order valence-electron chi connectivity index (χ3n) is 2.59. The van der Waals surface area contributed by atoms with Gasteiger partial charge in [-0.25, -0.2) is 12.8 Å². The molecule has 1 amide bonds. The molecule has 5 nitrogen and oxygen atoms in total. The molecular formula is C12H15ClFNO4S. The number of halogens is 2. The maximum atomic E-state index is 13.3. The Kier molecular flexibility index (Phi) is 5.91. The fourth-order valence-corrected chi connectivity index (χ4v) is 2.43. The molecule has 1 rings (SSSR count). The molecule has 112 valence electrons. The molecule has 0 fully saturated rings. The minimum absolute atomic E-state index is 0.0230. The van der Waals surface area contributed by atoms with Crippen molar-refractivity contribution >= 4 is 25.6 Å². The van der Waals surface area contributed by atoms with Crippen molar-refractivity contribution in [1.29, 1.82) is 0 Å². The average Bonchev–Trinajstić information content (AvgIpc) is 2.35. The van der Waals surface area contributed by atoms with Gasteiger partial charge in [0.25, 0.3) is 15.0 Å². The number of hydrogen-bond acceptors (Lipinski definition) is 4. The number of methoxy groups -OCH3 is 1. The Bertz CT molecular complexity index is 591. The summed E-state index contributed by atoms with van der Waals surface area (Å²) in [5, 5.41) is 2.65. The smallest absolute Gasteiger partial charge is 0.264 e. The van der Waals surface area contributed by atoms with Gasteiger partial charge < -0.3 is 10.1 Å². The van der Waals surface area contributed by atoms with Crippen molar-refractivity contribution in [3.05, 3.63) is 29.6 Å². The van der Waals surface area contributed by atoms with E-state index >= 15 is 0 Å². The maximum absolute atomic E-state index is 13.3. The van der Waals surface area contributed by atoms with Crippen molar-refractivity contribution in [2.75, 3.05) is 13.7 Å². The molecule has 0 saturated heterocycles. The van der Waals surface area contributed by atoms with E-state index in [1.165, 1.54) is 6.07 Å². The van der Waals surface area contributed by atoms with Crippen LogP contribution in [0, 0.1) is 5.82 Å². The average molecular weight is 324 g/mol. The lowest BCUT2D eigenvalue weighted by Gasteiger charge is -2.13. The van der Waals surface area contributed by atoms with Crippen LogP contribution in [0.5, 0.6) is 0 Å². The lowest BCUT2D eigenvalue weighted by Crippen LogP contribution is -2.33. The van der Waals surface area contributed by atoms with E-state index in [1.54, 1.807) is 14.0 Å². The lowest BCUT2D eigenvalue weighted by molar-refractivity contribution is 0.0929. The third kappa shape index (κ3) is 4.73. The Hall–Kier alpha value is -1.18. The standard InChI is InChI=1S/C12H15ClFNO4S/c1-8(5-6-19-2)15-12(16)9-3-4-10(14)11(7-9)20(13,17)18/h3-4,7-8H,5-6H2,1-2H3,(H,15,16). The van der Waals surface area contributed by atoms with E-state index in [1.807, 2.05) is 0 Å². The fraction of sp³-hybridized carbons (Fsp3) is 0.417. The second-order valence-corrected chi connectivity index (χ2v) is 6.77. The minimum Gasteiger partial charge on any atom is -0.385 e. The first-order valence-electron chi connectivity index (χ1n) is 5.79. The van der Waals surface area contributed by atoms with Gasteiger partial charge in [0.2, 0.25) is 0 Å². The van der Waals surface area contributed by atoms with Gasteiger partial charge in [0.05, 0.1) is 0 Å². The molecule has 1 aromatic rings. The first-order valence-corrected chi connectivity index (χ1v) is 8.10. The Morgan fingerprint density at radius 3 is 2.70 bits per heavy atom. The van der Waals surface area contributed by atoms with Crippen LogP contribution in [-0.2, 0) is 13.8 Å². The van der Waals surface area contributed by atoms with Gasteiger partial charge in [0.1, 0.15) is 10.7 Å². The molecule has 0 bridgehead atoms. The predicted molar refractivity (Wildman–Crippen MR) is 72.9 cm³/mol. The van der Waals surface area contributed by atoms with E-state index in [0.717, 1.165) is 12.1 Å². The van der Waals surface area contributed by atoms with Crippen LogP contribution in [0.2, 0.25) is 0 Å². The minimum atomic E-state index is -4.23. The van der Waals surface area contributed by atoms with Gasteiger partial charge in [0, 0.05) is 36.0 Å². The molecule has 1 atom stereocenters. The second kappa shape index (κ2) is 7.01. The van der Waals surface area contributed by atoms with Crippen molar-refractivity contribution < 1.29 is 22.3 Å². The Labute approximate surface area is 121 Å². The van der Waals surface area contributed by atoms with Crippen LogP contribution in [0.3, 0.4) is 0 Å². The van der Waals surface area contributed by atoms with Gasteiger partial charge in [-0.2, -0.15) is 0 Å². The summed E-state index contributed by atoms with van der Waals surface area (Å²) in [6.07, 6.45) is 0.601. The summed E-state index contributed by atoms with van der Waals surface area (Å²) in [6.45, 7) is 2.26. The second-order valence-electron chi connectivity index (χ2n) is 4.24. The summed E-state index contributed by atoms with van der Waals surface area (Å²) in [4.78, 5) is 11.2. The number of hydrogen-bond donors (Lipinski definition) is 1. The Morgan fingerprint density at radius 1 is 1.50 bits per heavy atom. The monoisotopic (exact) mass is 323 g/mol. The molecule has 0 heterocycles. The number of amides is 1. The van der Waals surface area contributed by atoms with Gasteiger partial charge in [-0.15, -0.1) is 0 Å². The van der Waals surface area contributed by atoms with Crippen molar-refractivity contribution in [3.8, 4) is 0 Å². The molecule has 0 spiro atoms. The quantitative estimate of drug-likeness (QED) is 0.812. The summed E-state index contributed by atoms with van der Waals surface area (Å²) in [5.41, 5.74) is 0.0230. The molecule has 0 radical (unpaired) electrons. The topological polar surface area (TPSA) is 72.5 Å². The largest absolute Gasteiger partial charge is 0.385 e. The van der Waals surface area contributed by atoms with Crippen LogP contribution >= 0.6 is 10.7 Å². The van der Waals surface area contributed by atoms with Crippen molar-refractivity contribution in [2.24, 2.45) is 0 Å². The molecule has 0 aliphatic heterocycles. The number of benzene rings is 1. The first-order chi connectivity index (χ1) is 9.25. The van der Waals surface area contributed by atoms with Crippen LogP contribution in [0.15, 0.2) is 23.1 Å². The zero-order valence-corrected chi connectivity index (χ0v) is 12.6. The summed E-state index contributed by atoms with van der Waals surface area (Å²) in [6, 6.07) is 2.84. The molecule has 1 unspecified atom stereocenters. The molecule has 1 aromatic carbocycles. The molecule has 0 aliphatic carbocycles. The molecular weight excluding hydrogens is 309 g/mol. The highest BCUT2D eigenvalue weighted by Crippen LogP contribution is 2.20. The molecule has 0 aromatic heterocycles. The normalized spacial score (nSPS) is 13.0. The van der Waals surface area contributed by atoms with E-state index in [-0.39, 0.29) is 11.6 Å². The molecule has 0 saturated carbocycles. The Morgan fingerprint density at radius 2 is 2.15 bits per heavy atom. The zero-order valence-electron chi connectivity index (χ0n) is 11.0. The highest BCUT2D eigenvalue weighted by atomic mass is 35.7. The SMILES string of the molecule is COCCC(C)NC(=O)c1ccc(F)c(S(=O)(=O)Cl)c1. The lowest BCUT2D eigenvalue weighted by atomic mass is 10.2. The fourth-order valence-electron chi connectivity index (χ4n) is 1.51. The summed E-state index contributed by atoms with van der Waals surface area (Å²) in [7, 11) is 2.41. The van der Waals surface area contributed by atoms with Crippen LogP contribution < -0.4 is 5.32 Å². The zero-order chi connectivity index (χ0) is 15.3. The van der Waals surface area contributed by atoms with Crippen LogP contribution in [-0.4, -0.2) is 34.1 Å². The summed E-state index contributed by atoms with van der Waals surface area (Å²) in [5.74, 6) is -1.50. The van der Waals surface area contributed by atoms with E-state index in [4.69, 9.17) is 15.4 Å². The van der Waals surface area contributed by atoms with E-state index in [9.17, 15) is 17.6 Å². The van der Waals surface area contributed by atoms with Gasteiger partial charge in [-0.05, 0) is 31.5 Å². The van der Waals surface area contributed by atoms with Crippen LogP contribution in [0.25, 0.3) is 0 Å². The number of carbonyl (C=O) groups excluding carboxylic acids is 1. The van der Waals surface area contributed by atoms with Gasteiger partial charge in [-0.1, -0.05) is 0 Å². The maximum Gasteiger partial charge on any atom is 0.264 e. The van der Waals surface area contributed by atoms with E-state index in [0.29, 0.717) is 13.0 Å².